The molecule has 3 rings (SSSR count). The molecule has 0 spiro atoms. The van der Waals surface area contributed by atoms with Crippen LogP contribution in [0, 0.1) is 5.92 Å². The van der Waals surface area contributed by atoms with E-state index in [0.717, 1.165) is 42.7 Å². The molecule has 8 heteroatoms. The van der Waals surface area contributed by atoms with E-state index in [0.29, 0.717) is 23.2 Å². The molecule has 150 valence electrons. The number of nitrogens with zero attached hydrogens (tertiary/aromatic N) is 3. The third-order valence-corrected chi connectivity index (χ3v) is 6.02. The molecule has 1 aromatic carbocycles. The lowest BCUT2D eigenvalue weighted by atomic mass is 10.1. The summed E-state index contributed by atoms with van der Waals surface area (Å²) in [6.07, 6.45) is 5.36. The van der Waals surface area contributed by atoms with Crippen LogP contribution in [0.15, 0.2) is 24.3 Å². The van der Waals surface area contributed by atoms with Gasteiger partial charge in [0.2, 0.25) is 16.9 Å². The Kier molecular flexibility index (Phi) is 7.39. The fourth-order valence-electron chi connectivity index (χ4n) is 3.43. The Balaban J connectivity index is 1.53. The van der Waals surface area contributed by atoms with E-state index >= 15 is 0 Å². The number of anilines is 1. The van der Waals surface area contributed by atoms with E-state index in [2.05, 4.69) is 22.4 Å². The van der Waals surface area contributed by atoms with E-state index in [1.165, 1.54) is 11.3 Å². The molecule has 2 aromatic rings. The summed E-state index contributed by atoms with van der Waals surface area (Å²) in [5.41, 5.74) is 0.902. The van der Waals surface area contributed by atoms with Gasteiger partial charge < -0.3 is 10.2 Å². The summed E-state index contributed by atoms with van der Waals surface area (Å²) in [6, 6.07) is 7.32. The summed E-state index contributed by atoms with van der Waals surface area (Å²) in [4.78, 5) is 26.8. The number of carbonyl (C=O) groups excluding carboxylic acids is 2. The second-order valence-corrected chi connectivity index (χ2v) is 8.44. The van der Waals surface area contributed by atoms with Crippen molar-refractivity contribution < 1.29 is 9.59 Å². The Morgan fingerprint density at radius 1 is 1.18 bits per heavy atom. The minimum Gasteiger partial charge on any atom is -0.342 e. The van der Waals surface area contributed by atoms with E-state index in [9.17, 15) is 9.59 Å². The van der Waals surface area contributed by atoms with Gasteiger partial charge in [0.15, 0.2) is 0 Å². The molecule has 0 aliphatic heterocycles. The first-order valence-corrected chi connectivity index (χ1v) is 10.9. The normalized spacial score (nSPS) is 14.2. The number of hydrogen-bond donors (Lipinski definition) is 1. The van der Waals surface area contributed by atoms with Gasteiger partial charge in [-0.3, -0.25) is 9.59 Å². The predicted octanol–water partition coefficient (Wildman–Crippen LogP) is 4.62. The highest BCUT2D eigenvalue weighted by Gasteiger charge is 2.27. The van der Waals surface area contributed by atoms with E-state index in [1.54, 1.807) is 12.1 Å². The van der Waals surface area contributed by atoms with Gasteiger partial charge in [0, 0.05) is 36.0 Å². The number of benzene rings is 1. The molecule has 6 nitrogen and oxygen atoms in total. The molecule has 1 aliphatic carbocycles. The summed E-state index contributed by atoms with van der Waals surface area (Å²) in [5.74, 6) is 0.187. The molecule has 1 saturated carbocycles. The van der Waals surface area contributed by atoms with E-state index in [4.69, 9.17) is 11.6 Å². The topological polar surface area (TPSA) is 75.2 Å². The fraction of sp³-hybridized carbons (Fsp3) is 0.500. The van der Waals surface area contributed by atoms with Crippen LogP contribution in [0.4, 0.5) is 5.13 Å². The third-order valence-electron chi connectivity index (χ3n) is 4.88. The van der Waals surface area contributed by atoms with Crippen LogP contribution in [0.5, 0.6) is 0 Å². The summed E-state index contributed by atoms with van der Waals surface area (Å²) in [5, 5.41) is 12.8. The molecule has 1 fully saturated rings. The van der Waals surface area contributed by atoms with E-state index in [-0.39, 0.29) is 24.2 Å². The summed E-state index contributed by atoms with van der Waals surface area (Å²) in [7, 11) is 0. The number of aromatic nitrogens is 2. The first-order chi connectivity index (χ1) is 13.6. The molecule has 1 aromatic heterocycles. The Labute approximate surface area is 174 Å². The van der Waals surface area contributed by atoms with Gasteiger partial charge in [-0.2, -0.15) is 0 Å². The van der Waals surface area contributed by atoms with Gasteiger partial charge in [-0.1, -0.05) is 54.8 Å². The van der Waals surface area contributed by atoms with Crippen LogP contribution in [0.2, 0.25) is 5.02 Å². The molecule has 2 amide bonds. The number of hydrogen-bond acceptors (Lipinski definition) is 5. The van der Waals surface area contributed by atoms with Crippen molar-refractivity contribution in [1.82, 2.24) is 15.1 Å². The minimum atomic E-state index is -0.154. The molecule has 0 radical (unpaired) electrons. The smallest absolute Gasteiger partial charge is 0.227 e. The van der Waals surface area contributed by atoms with Crippen molar-refractivity contribution in [2.75, 3.05) is 18.4 Å². The van der Waals surface area contributed by atoms with Crippen LogP contribution >= 0.6 is 22.9 Å². The first-order valence-electron chi connectivity index (χ1n) is 9.75. The monoisotopic (exact) mass is 420 g/mol. The largest absolute Gasteiger partial charge is 0.342 e. The fourth-order valence-corrected chi connectivity index (χ4v) is 4.33. The molecule has 0 atom stereocenters. The maximum absolute atomic E-state index is 12.7. The van der Waals surface area contributed by atoms with Gasteiger partial charge in [-0.05, 0) is 31.4 Å². The summed E-state index contributed by atoms with van der Waals surface area (Å²) < 4.78 is 0. The maximum Gasteiger partial charge on any atom is 0.227 e. The SMILES string of the molecule is CCCN(CCC(=O)Nc1nnc(-c2ccc(Cl)cc2)s1)C(=O)C1CCCC1. The van der Waals surface area contributed by atoms with Crippen molar-refractivity contribution in [1.29, 1.82) is 0 Å². The molecule has 28 heavy (non-hydrogen) atoms. The molecule has 1 heterocycles. The number of carbonyl (C=O) groups is 2. The van der Waals surface area contributed by atoms with Crippen LogP contribution in [-0.4, -0.2) is 40.0 Å². The highest BCUT2D eigenvalue weighted by Crippen LogP contribution is 2.28. The van der Waals surface area contributed by atoms with Crippen LogP contribution in [0.3, 0.4) is 0 Å². The van der Waals surface area contributed by atoms with E-state index in [1.807, 2.05) is 17.0 Å². The Bertz CT molecular complexity index is 803. The van der Waals surface area contributed by atoms with Crippen molar-refractivity contribution >= 4 is 39.9 Å². The highest BCUT2D eigenvalue weighted by molar-refractivity contribution is 7.18. The van der Waals surface area contributed by atoms with Crippen LogP contribution in [0.25, 0.3) is 10.6 Å². The van der Waals surface area contributed by atoms with Gasteiger partial charge in [-0.15, -0.1) is 10.2 Å². The zero-order chi connectivity index (χ0) is 19.9. The lowest BCUT2D eigenvalue weighted by Gasteiger charge is -2.25. The highest BCUT2D eigenvalue weighted by atomic mass is 35.5. The molecule has 0 unspecified atom stereocenters. The van der Waals surface area contributed by atoms with E-state index < -0.39 is 0 Å². The molecule has 1 aliphatic rings. The number of amides is 2. The summed E-state index contributed by atoms with van der Waals surface area (Å²) in [6.45, 7) is 3.19. The molecular formula is C20H25ClN4O2S. The second kappa shape index (κ2) is 9.98. The van der Waals surface area contributed by atoms with Gasteiger partial charge in [0.05, 0.1) is 0 Å². The molecule has 1 N–H and O–H groups in total. The van der Waals surface area contributed by atoms with Crippen molar-refractivity contribution in [2.24, 2.45) is 5.92 Å². The number of rotatable bonds is 8. The van der Waals surface area contributed by atoms with Gasteiger partial charge in [-0.25, -0.2) is 0 Å². The van der Waals surface area contributed by atoms with Crippen LogP contribution < -0.4 is 5.32 Å². The third kappa shape index (κ3) is 5.52. The van der Waals surface area contributed by atoms with Gasteiger partial charge in [0.25, 0.3) is 0 Å². The lowest BCUT2D eigenvalue weighted by Crippen LogP contribution is -2.38. The second-order valence-electron chi connectivity index (χ2n) is 7.02. The average molecular weight is 421 g/mol. The quantitative estimate of drug-likeness (QED) is 0.676. The lowest BCUT2D eigenvalue weighted by molar-refractivity contribution is -0.135. The Morgan fingerprint density at radius 2 is 1.89 bits per heavy atom. The van der Waals surface area contributed by atoms with Crippen molar-refractivity contribution in [3.63, 3.8) is 0 Å². The predicted molar refractivity (Wildman–Crippen MR) is 112 cm³/mol. The van der Waals surface area contributed by atoms with Crippen molar-refractivity contribution in [2.45, 2.75) is 45.4 Å². The molecular weight excluding hydrogens is 396 g/mol. The summed E-state index contributed by atoms with van der Waals surface area (Å²) >= 11 is 7.22. The van der Waals surface area contributed by atoms with Crippen molar-refractivity contribution in [3.05, 3.63) is 29.3 Å². The Morgan fingerprint density at radius 3 is 2.57 bits per heavy atom. The van der Waals surface area contributed by atoms with Crippen LogP contribution in [0.1, 0.15) is 45.4 Å². The van der Waals surface area contributed by atoms with Gasteiger partial charge >= 0.3 is 0 Å². The minimum absolute atomic E-state index is 0.139. The number of halogens is 1. The van der Waals surface area contributed by atoms with Gasteiger partial charge in [0.1, 0.15) is 5.01 Å². The van der Waals surface area contributed by atoms with Crippen molar-refractivity contribution in [3.8, 4) is 10.6 Å². The zero-order valence-electron chi connectivity index (χ0n) is 16.0. The zero-order valence-corrected chi connectivity index (χ0v) is 17.6. The van der Waals surface area contributed by atoms with Crippen LogP contribution in [-0.2, 0) is 9.59 Å². The maximum atomic E-state index is 12.7. The first kappa shape index (κ1) is 20.7. The Hall–Kier alpha value is -1.99. The number of nitrogens with one attached hydrogen (secondary N) is 1. The molecule has 0 saturated heterocycles. The standard InChI is InChI=1S/C20H25ClN4O2S/c1-2-12-25(19(27)15-5-3-4-6-15)13-11-17(26)22-20-24-23-18(28-20)14-7-9-16(21)10-8-14/h7-10,15H,2-6,11-13H2,1H3,(H,22,24,26). The average Bonchev–Trinajstić information content (AvgIpc) is 3.37. The molecule has 0 bridgehead atoms.